The number of aromatic carboxylic acids is 1. The molecular weight excluding hydrogens is 258 g/mol. The summed E-state index contributed by atoms with van der Waals surface area (Å²) in [6.45, 7) is 2.41. The molecule has 0 spiro atoms. The molecule has 0 saturated heterocycles. The van der Waals surface area contributed by atoms with Crippen molar-refractivity contribution in [1.29, 1.82) is 0 Å². The van der Waals surface area contributed by atoms with Crippen LogP contribution < -0.4 is 15.8 Å². The van der Waals surface area contributed by atoms with E-state index in [4.69, 9.17) is 15.6 Å². The van der Waals surface area contributed by atoms with Crippen LogP contribution in [0.3, 0.4) is 0 Å². The second-order valence-electron chi connectivity index (χ2n) is 4.05. The number of rotatable bonds is 5. The number of benzene rings is 1. The summed E-state index contributed by atoms with van der Waals surface area (Å²) in [5.74, 6) is -0.504. The number of nitrogens with zero attached hydrogens (tertiary/aromatic N) is 1. The van der Waals surface area contributed by atoms with Gasteiger partial charge in [-0.25, -0.2) is 9.78 Å². The predicted molar refractivity (Wildman–Crippen MR) is 76.5 cm³/mol. The number of nitrogens with one attached hydrogen (secondary N) is 1. The van der Waals surface area contributed by atoms with Crippen LogP contribution in [0.4, 0.5) is 17.1 Å². The van der Waals surface area contributed by atoms with Crippen molar-refractivity contribution in [2.24, 2.45) is 0 Å². The van der Waals surface area contributed by atoms with Gasteiger partial charge >= 0.3 is 5.97 Å². The molecule has 0 fully saturated rings. The van der Waals surface area contributed by atoms with Gasteiger partial charge in [-0.05, 0) is 31.2 Å². The number of carbonyl (C=O) groups is 1. The zero-order valence-corrected chi connectivity index (χ0v) is 11.0. The van der Waals surface area contributed by atoms with E-state index in [1.54, 1.807) is 30.5 Å². The Morgan fingerprint density at radius 2 is 2.20 bits per heavy atom. The van der Waals surface area contributed by atoms with Crippen molar-refractivity contribution < 1.29 is 14.6 Å². The molecule has 0 aliphatic carbocycles. The first kappa shape index (κ1) is 13.7. The molecule has 1 aromatic heterocycles. The Labute approximate surface area is 116 Å². The molecule has 1 heterocycles. The maximum atomic E-state index is 11.1. The van der Waals surface area contributed by atoms with E-state index < -0.39 is 5.97 Å². The molecule has 4 N–H and O–H groups in total. The van der Waals surface area contributed by atoms with E-state index in [0.717, 1.165) is 0 Å². The van der Waals surface area contributed by atoms with Crippen LogP contribution in [0.1, 0.15) is 17.3 Å². The highest BCUT2D eigenvalue weighted by Crippen LogP contribution is 2.24. The Morgan fingerprint density at radius 1 is 1.40 bits per heavy atom. The summed E-state index contributed by atoms with van der Waals surface area (Å²) in [6.07, 6.45) is 1.57. The zero-order chi connectivity index (χ0) is 14.5. The minimum absolute atomic E-state index is 0.146. The maximum Gasteiger partial charge on any atom is 0.337 e. The summed E-state index contributed by atoms with van der Waals surface area (Å²) in [5, 5.41) is 12.1. The molecule has 6 heteroatoms. The molecule has 0 saturated carbocycles. The lowest BCUT2D eigenvalue weighted by atomic mass is 10.1. The van der Waals surface area contributed by atoms with Crippen molar-refractivity contribution in [3.8, 4) is 5.88 Å². The normalized spacial score (nSPS) is 10.1. The van der Waals surface area contributed by atoms with Gasteiger partial charge in [0.25, 0.3) is 0 Å². The Balaban J connectivity index is 2.25. The van der Waals surface area contributed by atoms with E-state index in [0.29, 0.717) is 29.5 Å². The fourth-order valence-corrected chi connectivity index (χ4v) is 1.69. The van der Waals surface area contributed by atoms with Gasteiger partial charge in [-0.3, -0.25) is 0 Å². The minimum atomic E-state index is -1.02. The zero-order valence-electron chi connectivity index (χ0n) is 11.0. The van der Waals surface area contributed by atoms with E-state index in [1.807, 2.05) is 6.92 Å². The van der Waals surface area contributed by atoms with Crippen molar-refractivity contribution in [1.82, 2.24) is 4.98 Å². The Bertz CT molecular complexity index is 612. The summed E-state index contributed by atoms with van der Waals surface area (Å²) in [4.78, 5) is 15.2. The molecule has 0 radical (unpaired) electrons. The highest BCUT2D eigenvalue weighted by atomic mass is 16.5. The molecule has 0 unspecified atom stereocenters. The second kappa shape index (κ2) is 5.92. The molecule has 1 aromatic carbocycles. The van der Waals surface area contributed by atoms with E-state index in [2.05, 4.69) is 10.3 Å². The predicted octanol–water partition coefficient (Wildman–Crippen LogP) is 2.50. The monoisotopic (exact) mass is 273 g/mol. The first-order valence-corrected chi connectivity index (χ1v) is 6.09. The number of aromatic nitrogens is 1. The van der Waals surface area contributed by atoms with Gasteiger partial charge in [0, 0.05) is 11.8 Å². The number of nitrogens with two attached hydrogens (primary N) is 1. The Hall–Kier alpha value is -2.76. The average molecular weight is 273 g/mol. The quantitative estimate of drug-likeness (QED) is 0.724. The third-order valence-corrected chi connectivity index (χ3v) is 2.58. The molecule has 0 bridgehead atoms. The topological polar surface area (TPSA) is 97.5 Å². The summed E-state index contributed by atoms with van der Waals surface area (Å²) in [7, 11) is 0. The molecule has 2 aromatic rings. The summed E-state index contributed by atoms with van der Waals surface area (Å²) < 4.78 is 5.24. The van der Waals surface area contributed by atoms with Crippen molar-refractivity contribution in [2.75, 3.05) is 17.7 Å². The summed E-state index contributed by atoms with van der Waals surface area (Å²) >= 11 is 0. The largest absolute Gasteiger partial charge is 0.478 e. The van der Waals surface area contributed by atoms with Crippen LogP contribution in [0.25, 0.3) is 0 Å². The molecule has 0 amide bonds. The number of pyridine rings is 1. The molecule has 104 valence electrons. The van der Waals surface area contributed by atoms with Crippen molar-refractivity contribution >= 4 is 23.0 Å². The molecule has 0 aliphatic rings. The molecule has 0 aliphatic heterocycles. The van der Waals surface area contributed by atoms with Crippen LogP contribution in [0.5, 0.6) is 5.88 Å². The summed E-state index contributed by atoms with van der Waals surface area (Å²) in [6, 6.07) is 8.04. The number of carboxylic acids is 1. The third-order valence-electron chi connectivity index (χ3n) is 2.58. The van der Waals surface area contributed by atoms with Gasteiger partial charge in [0.05, 0.1) is 29.7 Å². The van der Waals surface area contributed by atoms with Gasteiger partial charge in [-0.15, -0.1) is 0 Å². The fraction of sp³-hybridized carbons (Fsp3) is 0.143. The van der Waals surface area contributed by atoms with Gasteiger partial charge in [-0.2, -0.15) is 0 Å². The van der Waals surface area contributed by atoms with Crippen molar-refractivity contribution in [3.05, 3.63) is 42.1 Å². The van der Waals surface area contributed by atoms with Gasteiger partial charge < -0.3 is 20.9 Å². The third kappa shape index (κ3) is 3.17. The second-order valence-corrected chi connectivity index (χ2v) is 4.05. The van der Waals surface area contributed by atoms with E-state index in [9.17, 15) is 4.79 Å². The van der Waals surface area contributed by atoms with Crippen LogP contribution in [0.15, 0.2) is 36.5 Å². The fourth-order valence-electron chi connectivity index (χ4n) is 1.69. The van der Waals surface area contributed by atoms with Crippen LogP contribution in [-0.2, 0) is 0 Å². The summed E-state index contributed by atoms with van der Waals surface area (Å²) in [5.41, 5.74) is 7.38. The van der Waals surface area contributed by atoms with Crippen LogP contribution >= 0.6 is 0 Å². The number of hydrogen-bond acceptors (Lipinski definition) is 5. The van der Waals surface area contributed by atoms with Gasteiger partial charge in [0.2, 0.25) is 5.88 Å². The van der Waals surface area contributed by atoms with Crippen LogP contribution in [-0.4, -0.2) is 22.7 Å². The standard InChI is InChI=1S/C14H15N3O3/c1-2-20-13-6-4-10(8-16-13)17-12-7-9(15)3-5-11(12)14(18)19/h3-8,17H,2,15H2,1H3,(H,18,19). The first-order chi connectivity index (χ1) is 9.60. The minimum Gasteiger partial charge on any atom is -0.478 e. The number of carboxylic acid groups (broad SMARTS) is 1. The van der Waals surface area contributed by atoms with Crippen molar-refractivity contribution in [3.63, 3.8) is 0 Å². The Kier molecular flexibility index (Phi) is 4.05. The lowest BCUT2D eigenvalue weighted by Crippen LogP contribution is -2.04. The number of nitrogen functional groups attached to an aromatic ring is 1. The number of hydrogen-bond donors (Lipinski definition) is 3. The maximum absolute atomic E-state index is 11.1. The van der Waals surface area contributed by atoms with Gasteiger partial charge in [-0.1, -0.05) is 0 Å². The van der Waals surface area contributed by atoms with Gasteiger partial charge in [0.15, 0.2) is 0 Å². The molecule has 6 nitrogen and oxygen atoms in total. The average Bonchev–Trinajstić information content (AvgIpc) is 2.41. The number of ether oxygens (including phenoxy) is 1. The van der Waals surface area contributed by atoms with Crippen LogP contribution in [0, 0.1) is 0 Å². The van der Waals surface area contributed by atoms with Crippen LogP contribution in [0.2, 0.25) is 0 Å². The smallest absolute Gasteiger partial charge is 0.337 e. The van der Waals surface area contributed by atoms with Crippen molar-refractivity contribution in [2.45, 2.75) is 6.92 Å². The molecule has 2 rings (SSSR count). The highest BCUT2D eigenvalue weighted by molar-refractivity contribution is 5.96. The lowest BCUT2D eigenvalue weighted by molar-refractivity contribution is 0.0698. The van der Waals surface area contributed by atoms with E-state index in [-0.39, 0.29) is 5.56 Å². The molecular formula is C14H15N3O3. The first-order valence-electron chi connectivity index (χ1n) is 6.09. The lowest BCUT2D eigenvalue weighted by Gasteiger charge is -2.10. The van der Waals surface area contributed by atoms with E-state index >= 15 is 0 Å². The SMILES string of the molecule is CCOc1ccc(Nc2cc(N)ccc2C(=O)O)cn1. The highest BCUT2D eigenvalue weighted by Gasteiger charge is 2.10. The Morgan fingerprint density at radius 3 is 2.80 bits per heavy atom. The van der Waals surface area contributed by atoms with E-state index in [1.165, 1.54) is 6.07 Å². The molecule has 20 heavy (non-hydrogen) atoms. The van der Waals surface area contributed by atoms with Gasteiger partial charge in [0.1, 0.15) is 0 Å². The molecule has 0 atom stereocenters. The number of anilines is 3.